The Morgan fingerprint density at radius 3 is 2.71 bits per heavy atom. The number of anilines is 1. The van der Waals surface area contributed by atoms with Crippen molar-refractivity contribution in [3.05, 3.63) is 64.2 Å². The maximum absolute atomic E-state index is 9.07. The Hall–Kier alpha value is -1.73. The Morgan fingerprint density at radius 2 is 2.08 bits per heavy atom. The minimum atomic E-state index is 0. The fourth-order valence-corrected chi connectivity index (χ4v) is 3.30. The highest BCUT2D eigenvalue weighted by Gasteiger charge is 2.23. The number of benzene rings is 2. The van der Waals surface area contributed by atoms with E-state index in [4.69, 9.17) is 16.9 Å². The molecule has 126 valence electrons. The molecule has 1 fully saturated rings. The standard InChI is InChI=1S/C19H20ClN3.ClH/c1-14-4-2-3-5-16(14)13-23(18-8-9-22-12-18)17-7-6-15(11-21)19(20)10-17;/h2-7,10,18,22H,8-9,12-13H2,1H3;1H/t18-;/m0./s1. The van der Waals surface area contributed by atoms with Crippen molar-refractivity contribution in [1.82, 2.24) is 5.32 Å². The molecule has 24 heavy (non-hydrogen) atoms. The molecule has 3 nitrogen and oxygen atoms in total. The van der Waals surface area contributed by atoms with Gasteiger partial charge in [-0.1, -0.05) is 35.9 Å². The van der Waals surface area contributed by atoms with Crippen LogP contribution in [0, 0.1) is 18.3 Å². The highest BCUT2D eigenvalue weighted by atomic mass is 35.5. The van der Waals surface area contributed by atoms with Gasteiger partial charge in [-0.3, -0.25) is 0 Å². The number of hydrogen-bond donors (Lipinski definition) is 1. The van der Waals surface area contributed by atoms with E-state index in [0.29, 0.717) is 16.6 Å². The lowest BCUT2D eigenvalue weighted by molar-refractivity contribution is 0.630. The summed E-state index contributed by atoms with van der Waals surface area (Å²) in [5, 5.41) is 13.0. The van der Waals surface area contributed by atoms with Crippen molar-refractivity contribution >= 4 is 29.7 Å². The second-order valence-electron chi connectivity index (χ2n) is 5.98. The molecular weight excluding hydrogens is 341 g/mol. The van der Waals surface area contributed by atoms with Gasteiger partial charge in [-0.2, -0.15) is 5.26 Å². The van der Waals surface area contributed by atoms with E-state index in [1.165, 1.54) is 11.1 Å². The van der Waals surface area contributed by atoms with E-state index in [1.54, 1.807) is 0 Å². The molecule has 0 bridgehead atoms. The van der Waals surface area contributed by atoms with Gasteiger partial charge in [0.2, 0.25) is 0 Å². The summed E-state index contributed by atoms with van der Waals surface area (Å²) in [5.41, 5.74) is 4.21. The first kappa shape index (κ1) is 18.6. The number of hydrogen-bond acceptors (Lipinski definition) is 3. The summed E-state index contributed by atoms with van der Waals surface area (Å²) in [6.45, 7) is 5.01. The molecule has 5 heteroatoms. The summed E-state index contributed by atoms with van der Waals surface area (Å²) in [6.07, 6.45) is 1.11. The third-order valence-electron chi connectivity index (χ3n) is 4.48. The van der Waals surface area contributed by atoms with Gasteiger partial charge in [-0.25, -0.2) is 0 Å². The lowest BCUT2D eigenvalue weighted by atomic mass is 10.1. The third-order valence-corrected chi connectivity index (χ3v) is 4.79. The van der Waals surface area contributed by atoms with Crippen LogP contribution in [0.1, 0.15) is 23.1 Å². The molecule has 0 radical (unpaired) electrons. The van der Waals surface area contributed by atoms with Crippen molar-refractivity contribution in [3.63, 3.8) is 0 Å². The van der Waals surface area contributed by atoms with Gasteiger partial charge in [-0.05, 0) is 49.2 Å². The normalized spacial score (nSPS) is 16.3. The van der Waals surface area contributed by atoms with Crippen molar-refractivity contribution in [2.75, 3.05) is 18.0 Å². The third kappa shape index (κ3) is 4.02. The van der Waals surface area contributed by atoms with Crippen molar-refractivity contribution in [2.45, 2.75) is 25.9 Å². The molecule has 0 unspecified atom stereocenters. The van der Waals surface area contributed by atoms with Crippen LogP contribution in [0.25, 0.3) is 0 Å². The van der Waals surface area contributed by atoms with Crippen molar-refractivity contribution in [2.24, 2.45) is 0 Å². The smallest absolute Gasteiger partial charge is 0.101 e. The number of rotatable bonds is 4. The SMILES string of the molecule is Cc1ccccc1CN(c1ccc(C#N)c(Cl)c1)[C@H]1CCNC1.Cl. The zero-order chi connectivity index (χ0) is 16.2. The van der Waals surface area contributed by atoms with E-state index >= 15 is 0 Å². The number of nitriles is 1. The molecular formula is C19H21Cl2N3. The van der Waals surface area contributed by atoms with Gasteiger partial charge in [0.1, 0.15) is 6.07 Å². The van der Waals surface area contributed by atoms with Crippen LogP contribution < -0.4 is 10.2 Å². The number of nitrogens with zero attached hydrogens (tertiary/aromatic N) is 2. The van der Waals surface area contributed by atoms with Crippen LogP contribution in [-0.4, -0.2) is 19.1 Å². The van der Waals surface area contributed by atoms with Crippen LogP contribution in [0.2, 0.25) is 5.02 Å². The molecule has 3 rings (SSSR count). The molecule has 1 heterocycles. The van der Waals surface area contributed by atoms with E-state index in [-0.39, 0.29) is 12.4 Å². The quantitative estimate of drug-likeness (QED) is 0.881. The Morgan fingerprint density at radius 1 is 1.29 bits per heavy atom. The highest BCUT2D eigenvalue weighted by molar-refractivity contribution is 6.32. The number of aryl methyl sites for hydroxylation is 1. The van der Waals surface area contributed by atoms with Gasteiger partial charge in [-0.15, -0.1) is 12.4 Å². The Bertz CT molecular complexity index is 734. The first-order chi connectivity index (χ1) is 11.2. The molecule has 1 N–H and O–H groups in total. The summed E-state index contributed by atoms with van der Waals surface area (Å²) in [6, 6.07) is 16.8. The molecule has 1 saturated heterocycles. The van der Waals surface area contributed by atoms with Crippen LogP contribution in [0.15, 0.2) is 42.5 Å². The van der Waals surface area contributed by atoms with E-state index in [0.717, 1.165) is 31.7 Å². The van der Waals surface area contributed by atoms with Gasteiger partial charge in [0.05, 0.1) is 10.6 Å². The minimum Gasteiger partial charge on any atom is -0.363 e. The van der Waals surface area contributed by atoms with E-state index in [2.05, 4.69) is 47.5 Å². The van der Waals surface area contributed by atoms with Gasteiger partial charge in [0, 0.05) is 24.8 Å². The molecule has 0 aliphatic carbocycles. The largest absolute Gasteiger partial charge is 0.363 e. The van der Waals surface area contributed by atoms with Crippen LogP contribution in [0.4, 0.5) is 5.69 Å². The Labute approximate surface area is 154 Å². The Balaban J connectivity index is 0.00000208. The summed E-state index contributed by atoms with van der Waals surface area (Å²) >= 11 is 6.25. The highest BCUT2D eigenvalue weighted by Crippen LogP contribution is 2.28. The molecule has 0 saturated carbocycles. The second kappa shape index (κ2) is 8.39. The minimum absolute atomic E-state index is 0. The second-order valence-corrected chi connectivity index (χ2v) is 6.38. The lowest BCUT2D eigenvalue weighted by Gasteiger charge is -2.31. The summed E-state index contributed by atoms with van der Waals surface area (Å²) in [5.74, 6) is 0. The average molecular weight is 362 g/mol. The van der Waals surface area contributed by atoms with Crippen molar-refractivity contribution < 1.29 is 0 Å². The number of halogens is 2. The van der Waals surface area contributed by atoms with Crippen LogP contribution in [0.5, 0.6) is 0 Å². The van der Waals surface area contributed by atoms with Gasteiger partial charge in [0.15, 0.2) is 0 Å². The van der Waals surface area contributed by atoms with Crippen LogP contribution in [0.3, 0.4) is 0 Å². The summed E-state index contributed by atoms with van der Waals surface area (Å²) in [4.78, 5) is 2.40. The summed E-state index contributed by atoms with van der Waals surface area (Å²) in [7, 11) is 0. The molecule has 1 aliphatic heterocycles. The predicted molar refractivity (Wildman–Crippen MR) is 102 cm³/mol. The van der Waals surface area contributed by atoms with E-state index < -0.39 is 0 Å². The van der Waals surface area contributed by atoms with Crippen molar-refractivity contribution in [1.29, 1.82) is 5.26 Å². The lowest BCUT2D eigenvalue weighted by Crippen LogP contribution is -2.36. The molecule has 0 aromatic heterocycles. The molecule has 2 aromatic rings. The van der Waals surface area contributed by atoms with Gasteiger partial charge in [0.25, 0.3) is 0 Å². The average Bonchev–Trinajstić information content (AvgIpc) is 3.08. The first-order valence-electron chi connectivity index (χ1n) is 7.90. The topological polar surface area (TPSA) is 39.1 Å². The zero-order valence-corrected chi connectivity index (χ0v) is 15.2. The molecule has 0 spiro atoms. The monoisotopic (exact) mass is 361 g/mol. The summed E-state index contributed by atoms with van der Waals surface area (Å²) < 4.78 is 0. The van der Waals surface area contributed by atoms with Gasteiger partial charge >= 0.3 is 0 Å². The van der Waals surface area contributed by atoms with Crippen molar-refractivity contribution in [3.8, 4) is 6.07 Å². The molecule has 1 aliphatic rings. The molecule has 1 atom stereocenters. The fourth-order valence-electron chi connectivity index (χ4n) is 3.08. The predicted octanol–water partition coefficient (Wildman–Crippen LogP) is 4.31. The van der Waals surface area contributed by atoms with E-state index in [1.807, 2.05) is 18.2 Å². The first-order valence-corrected chi connectivity index (χ1v) is 8.28. The molecule has 0 amide bonds. The maximum atomic E-state index is 9.07. The number of nitrogens with one attached hydrogen (secondary N) is 1. The van der Waals surface area contributed by atoms with Gasteiger partial charge < -0.3 is 10.2 Å². The molecule has 2 aromatic carbocycles. The van der Waals surface area contributed by atoms with Crippen LogP contribution >= 0.6 is 24.0 Å². The maximum Gasteiger partial charge on any atom is 0.101 e. The Kier molecular flexibility index (Phi) is 6.51. The van der Waals surface area contributed by atoms with E-state index in [9.17, 15) is 0 Å². The van der Waals surface area contributed by atoms with Crippen LogP contribution in [-0.2, 0) is 6.54 Å². The zero-order valence-electron chi connectivity index (χ0n) is 13.6. The fraction of sp³-hybridized carbons (Fsp3) is 0.316.